The molecule has 0 atom stereocenters. The van der Waals surface area contributed by atoms with Crippen molar-refractivity contribution < 1.29 is 28.5 Å². The molecule has 9 heteroatoms. The van der Waals surface area contributed by atoms with Crippen molar-refractivity contribution in [2.24, 2.45) is 0 Å². The van der Waals surface area contributed by atoms with Crippen LogP contribution in [0.15, 0.2) is 48.8 Å². The fourth-order valence-electron chi connectivity index (χ4n) is 5.21. The second-order valence-electron chi connectivity index (χ2n) is 10.2. The van der Waals surface area contributed by atoms with E-state index in [1.54, 1.807) is 50.6 Å². The SMILES string of the molecule is COc1ccc(C(=O)OC(=Cc2c(Cl)cncc2Cl)c2ccc(OC)c(OC3CCCC3)c2)cc1OC1CCCC1. The molecule has 0 bridgehead atoms. The van der Waals surface area contributed by atoms with Gasteiger partial charge in [-0.1, -0.05) is 23.2 Å². The van der Waals surface area contributed by atoms with E-state index in [0.717, 1.165) is 51.4 Å². The smallest absolute Gasteiger partial charge is 0.343 e. The Hall–Kier alpha value is -3.42. The number of methoxy groups -OCH3 is 2. The fraction of sp³-hybridized carbons (Fsp3) is 0.375. The Morgan fingerprint density at radius 3 is 1.76 bits per heavy atom. The van der Waals surface area contributed by atoms with Crippen molar-refractivity contribution in [2.45, 2.75) is 63.6 Å². The largest absolute Gasteiger partial charge is 0.493 e. The molecule has 216 valence electrons. The van der Waals surface area contributed by atoms with Gasteiger partial charge in [0.05, 0.1) is 42.0 Å². The highest BCUT2D eigenvalue weighted by atomic mass is 35.5. The van der Waals surface area contributed by atoms with Crippen LogP contribution in [-0.4, -0.2) is 37.4 Å². The van der Waals surface area contributed by atoms with Crippen LogP contribution in [0, 0.1) is 0 Å². The minimum atomic E-state index is -0.578. The molecule has 2 saturated carbocycles. The summed E-state index contributed by atoms with van der Waals surface area (Å²) in [7, 11) is 3.17. The van der Waals surface area contributed by atoms with Crippen molar-refractivity contribution in [3.63, 3.8) is 0 Å². The number of carbonyl (C=O) groups excluding carboxylic acids is 1. The van der Waals surface area contributed by atoms with Crippen LogP contribution in [0.4, 0.5) is 0 Å². The number of rotatable bonds is 10. The molecule has 0 aliphatic heterocycles. The van der Waals surface area contributed by atoms with Gasteiger partial charge in [0.1, 0.15) is 5.76 Å². The summed E-state index contributed by atoms with van der Waals surface area (Å²) in [5.74, 6) is 1.89. The number of halogens is 2. The first-order valence-corrected chi connectivity index (χ1v) is 14.6. The summed E-state index contributed by atoms with van der Waals surface area (Å²) in [6.07, 6.45) is 13.2. The molecule has 2 aromatic carbocycles. The summed E-state index contributed by atoms with van der Waals surface area (Å²) in [5.41, 5.74) is 1.37. The fourth-order valence-corrected chi connectivity index (χ4v) is 5.68. The third kappa shape index (κ3) is 7.08. The zero-order chi connectivity index (χ0) is 28.8. The normalized spacial score (nSPS) is 16.0. The van der Waals surface area contributed by atoms with E-state index in [-0.39, 0.29) is 18.0 Å². The summed E-state index contributed by atoms with van der Waals surface area (Å²) in [4.78, 5) is 17.6. The maximum atomic E-state index is 13.6. The van der Waals surface area contributed by atoms with Gasteiger partial charge in [-0.25, -0.2) is 4.79 Å². The van der Waals surface area contributed by atoms with Crippen LogP contribution in [0.1, 0.15) is 72.9 Å². The Morgan fingerprint density at radius 1 is 0.756 bits per heavy atom. The number of pyridine rings is 1. The van der Waals surface area contributed by atoms with Gasteiger partial charge in [0, 0.05) is 23.5 Å². The Kier molecular flexibility index (Phi) is 9.57. The zero-order valence-corrected chi connectivity index (χ0v) is 24.7. The number of aromatic nitrogens is 1. The van der Waals surface area contributed by atoms with Crippen molar-refractivity contribution in [2.75, 3.05) is 14.2 Å². The summed E-state index contributed by atoms with van der Waals surface area (Å²) in [5, 5.41) is 0.636. The van der Waals surface area contributed by atoms with Crippen LogP contribution < -0.4 is 18.9 Å². The predicted octanol–water partition coefficient (Wildman–Crippen LogP) is 8.40. The van der Waals surface area contributed by atoms with E-state index in [0.29, 0.717) is 49.7 Å². The lowest BCUT2D eigenvalue weighted by molar-refractivity contribution is 0.0692. The molecule has 3 aromatic rings. The molecule has 2 aliphatic rings. The molecule has 1 aromatic heterocycles. The Labute approximate surface area is 250 Å². The monoisotopic (exact) mass is 597 g/mol. The summed E-state index contributed by atoms with van der Waals surface area (Å²) < 4.78 is 29.6. The van der Waals surface area contributed by atoms with Gasteiger partial charge in [-0.2, -0.15) is 0 Å². The van der Waals surface area contributed by atoms with Gasteiger partial charge in [-0.15, -0.1) is 0 Å². The highest BCUT2D eigenvalue weighted by molar-refractivity contribution is 6.37. The van der Waals surface area contributed by atoms with Gasteiger partial charge < -0.3 is 23.7 Å². The first kappa shape index (κ1) is 29.1. The second-order valence-corrected chi connectivity index (χ2v) is 11.0. The van der Waals surface area contributed by atoms with E-state index in [4.69, 9.17) is 46.9 Å². The van der Waals surface area contributed by atoms with E-state index in [9.17, 15) is 4.79 Å². The lowest BCUT2D eigenvalue weighted by Gasteiger charge is -2.18. The van der Waals surface area contributed by atoms with Crippen molar-refractivity contribution in [3.05, 3.63) is 75.5 Å². The Morgan fingerprint density at radius 2 is 1.24 bits per heavy atom. The molecule has 0 spiro atoms. The number of nitrogens with zero attached hydrogens (tertiary/aromatic N) is 1. The van der Waals surface area contributed by atoms with E-state index >= 15 is 0 Å². The first-order valence-electron chi connectivity index (χ1n) is 13.9. The standard InChI is InChI=1S/C32H33Cl2NO6/c1-37-27-13-11-20(15-30(27)39-22-7-3-4-8-22)29(17-24-25(33)18-35-19-26(24)34)41-32(36)21-12-14-28(38-2)31(16-21)40-23-9-5-6-10-23/h11-19,22-23H,3-10H2,1-2H3. The van der Waals surface area contributed by atoms with Gasteiger partial charge in [0.15, 0.2) is 23.0 Å². The van der Waals surface area contributed by atoms with E-state index < -0.39 is 5.97 Å². The van der Waals surface area contributed by atoms with Gasteiger partial charge in [-0.3, -0.25) is 4.98 Å². The lowest BCUT2D eigenvalue weighted by Crippen LogP contribution is -2.13. The molecule has 0 amide bonds. The van der Waals surface area contributed by atoms with Crippen molar-refractivity contribution in [1.82, 2.24) is 4.98 Å². The first-order chi connectivity index (χ1) is 19.9. The molecule has 5 rings (SSSR count). The number of hydrogen-bond acceptors (Lipinski definition) is 7. The highest BCUT2D eigenvalue weighted by Gasteiger charge is 2.23. The van der Waals surface area contributed by atoms with Gasteiger partial charge in [-0.05, 0) is 93.8 Å². The lowest BCUT2D eigenvalue weighted by atomic mass is 10.1. The van der Waals surface area contributed by atoms with Crippen molar-refractivity contribution in [1.29, 1.82) is 0 Å². The number of hydrogen-bond donors (Lipinski definition) is 0. The second kappa shape index (κ2) is 13.5. The average Bonchev–Trinajstić information content (AvgIpc) is 3.69. The molecule has 0 saturated heterocycles. The van der Waals surface area contributed by atoms with E-state index in [2.05, 4.69) is 4.98 Å². The highest BCUT2D eigenvalue weighted by Crippen LogP contribution is 2.37. The van der Waals surface area contributed by atoms with Crippen LogP contribution in [0.25, 0.3) is 11.8 Å². The molecule has 1 heterocycles. The molecular formula is C32H33Cl2NO6. The minimum Gasteiger partial charge on any atom is -0.493 e. The molecular weight excluding hydrogens is 565 g/mol. The van der Waals surface area contributed by atoms with Gasteiger partial charge >= 0.3 is 5.97 Å². The van der Waals surface area contributed by atoms with Crippen LogP contribution in [0.5, 0.6) is 23.0 Å². The average molecular weight is 599 g/mol. The molecule has 0 radical (unpaired) electrons. The van der Waals surface area contributed by atoms with E-state index in [1.807, 2.05) is 6.07 Å². The molecule has 0 N–H and O–H groups in total. The molecule has 41 heavy (non-hydrogen) atoms. The van der Waals surface area contributed by atoms with Crippen molar-refractivity contribution >= 4 is 41.0 Å². The molecule has 2 fully saturated rings. The topological polar surface area (TPSA) is 76.1 Å². The molecule has 7 nitrogen and oxygen atoms in total. The quantitative estimate of drug-likeness (QED) is 0.171. The molecule has 0 unspecified atom stereocenters. The van der Waals surface area contributed by atoms with Crippen LogP contribution in [-0.2, 0) is 4.74 Å². The van der Waals surface area contributed by atoms with Gasteiger partial charge in [0.25, 0.3) is 0 Å². The Bertz CT molecular complexity index is 1390. The zero-order valence-electron chi connectivity index (χ0n) is 23.2. The number of esters is 1. The van der Waals surface area contributed by atoms with Crippen LogP contribution >= 0.6 is 23.2 Å². The number of benzene rings is 2. The third-order valence-corrected chi connectivity index (χ3v) is 8.01. The number of carbonyl (C=O) groups is 1. The van der Waals surface area contributed by atoms with Gasteiger partial charge in [0.2, 0.25) is 0 Å². The molecule has 2 aliphatic carbocycles. The predicted molar refractivity (Wildman–Crippen MR) is 159 cm³/mol. The maximum Gasteiger partial charge on any atom is 0.343 e. The summed E-state index contributed by atoms with van der Waals surface area (Å²) in [6.45, 7) is 0. The maximum absolute atomic E-state index is 13.6. The summed E-state index contributed by atoms with van der Waals surface area (Å²) in [6, 6.07) is 10.4. The summed E-state index contributed by atoms with van der Waals surface area (Å²) >= 11 is 12.9. The van der Waals surface area contributed by atoms with E-state index in [1.165, 1.54) is 12.4 Å². The van der Waals surface area contributed by atoms with Crippen LogP contribution in [0.3, 0.4) is 0 Å². The third-order valence-electron chi connectivity index (χ3n) is 7.41. The minimum absolute atomic E-state index is 0.0965. The number of ether oxygens (including phenoxy) is 5. The van der Waals surface area contributed by atoms with Crippen molar-refractivity contribution in [3.8, 4) is 23.0 Å². The van der Waals surface area contributed by atoms with Crippen LogP contribution in [0.2, 0.25) is 10.0 Å². The Balaban J connectivity index is 1.50.